The monoisotopic (exact) mass is 314 g/mol. The van der Waals surface area contributed by atoms with Crippen LogP contribution in [-0.4, -0.2) is 11.5 Å². The number of halogens is 3. The normalized spacial score (nSPS) is 11.2. The first kappa shape index (κ1) is 13.2. The van der Waals surface area contributed by atoms with Gasteiger partial charge in [-0.15, -0.1) is 0 Å². The van der Waals surface area contributed by atoms with Crippen LogP contribution < -0.4 is 5.32 Å². The summed E-state index contributed by atoms with van der Waals surface area (Å²) in [6.07, 6.45) is -2.57. The van der Waals surface area contributed by atoms with Crippen LogP contribution in [0.15, 0.2) is 22.7 Å². The first-order valence-electron chi connectivity index (χ1n) is 5.66. The summed E-state index contributed by atoms with van der Waals surface area (Å²) in [6.45, 7) is 4.55. The zero-order valence-corrected chi connectivity index (χ0v) is 11.7. The highest BCUT2D eigenvalue weighted by Crippen LogP contribution is 2.33. The van der Waals surface area contributed by atoms with E-state index in [0.29, 0.717) is 17.7 Å². The van der Waals surface area contributed by atoms with E-state index in [4.69, 9.17) is 0 Å². The van der Waals surface area contributed by atoms with Gasteiger partial charge in [0.05, 0.1) is 5.52 Å². The molecule has 2 aromatic rings. The van der Waals surface area contributed by atoms with Gasteiger partial charge in [-0.25, -0.2) is 13.8 Å². The predicted molar refractivity (Wildman–Crippen MR) is 73.3 cm³/mol. The van der Waals surface area contributed by atoms with Crippen LogP contribution in [0.2, 0.25) is 0 Å². The summed E-state index contributed by atoms with van der Waals surface area (Å²) in [4.78, 5) is 4.04. The average Bonchev–Trinajstić information content (AvgIpc) is 2.33. The number of hydrogen-bond acceptors (Lipinski definition) is 2. The number of nitrogens with one attached hydrogen (secondary N) is 1. The molecule has 0 unspecified atom stereocenters. The van der Waals surface area contributed by atoms with E-state index in [-0.39, 0.29) is 5.69 Å². The van der Waals surface area contributed by atoms with E-state index in [1.165, 1.54) is 6.07 Å². The highest BCUT2D eigenvalue weighted by molar-refractivity contribution is 9.10. The number of anilines is 1. The number of benzene rings is 1. The molecule has 0 radical (unpaired) electrons. The van der Waals surface area contributed by atoms with Crippen molar-refractivity contribution in [3.05, 3.63) is 33.9 Å². The predicted octanol–water partition coefficient (Wildman–Crippen LogP) is 4.68. The molecule has 18 heavy (non-hydrogen) atoms. The number of pyridine rings is 1. The first-order chi connectivity index (χ1) is 8.54. The Morgan fingerprint density at radius 3 is 2.72 bits per heavy atom. The van der Waals surface area contributed by atoms with Gasteiger partial charge in [0, 0.05) is 22.1 Å². The Labute approximate surface area is 113 Å². The Bertz CT molecular complexity index is 585. The third kappa shape index (κ3) is 2.32. The Kier molecular flexibility index (Phi) is 3.80. The molecule has 5 heteroatoms. The van der Waals surface area contributed by atoms with Crippen molar-refractivity contribution in [3.63, 3.8) is 0 Å². The molecule has 0 amide bonds. The van der Waals surface area contributed by atoms with E-state index in [2.05, 4.69) is 26.2 Å². The molecule has 0 aliphatic rings. The van der Waals surface area contributed by atoms with Gasteiger partial charge in [0.25, 0.3) is 6.43 Å². The number of hydrogen-bond donors (Lipinski definition) is 1. The number of alkyl halides is 2. The number of aromatic nitrogens is 1. The Balaban J connectivity index is 2.80. The number of aryl methyl sites for hydroxylation is 1. The zero-order chi connectivity index (χ0) is 13.3. The highest BCUT2D eigenvalue weighted by Gasteiger charge is 2.15. The minimum atomic E-state index is -2.57. The second-order valence-electron chi connectivity index (χ2n) is 4.01. The van der Waals surface area contributed by atoms with Crippen molar-refractivity contribution in [3.8, 4) is 0 Å². The van der Waals surface area contributed by atoms with E-state index in [1.807, 2.05) is 26.0 Å². The quantitative estimate of drug-likeness (QED) is 0.890. The maximum absolute atomic E-state index is 12.8. The van der Waals surface area contributed by atoms with Gasteiger partial charge in [-0.05, 0) is 47.5 Å². The van der Waals surface area contributed by atoms with E-state index in [0.717, 1.165) is 15.4 Å². The summed E-state index contributed by atoms with van der Waals surface area (Å²) in [5.74, 6) is 0. The molecule has 0 bridgehead atoms. The molecule has 0 aliphatic carbocycles. The topological polar surface area (TPSA) is 24.9 Å². The van der Waals surface area contributed by atoms with Gasteiger partial charge < -0.3 is 5.32 Å². The molecule has 0 atom stereocenters. The van der Waals surface area contributed by atoms with Gasteiger partial charge in [0.2, 0.25) is 0 Å². The van der Waals surface area contributed by atoms with E-state index >= 15 is 0 Å². The summed E-state index contributed by atoms with van der Waals surface area (Å²) < 4.78 is 26.4. The average molecular weight is 315 g/mol. The van der Waals surface area contributed by atoms with Crippen molar-refractivity contribution in [2.45, 2.75) is 20.3 Å². The summed E-state index contributed by atoms with van der Waals surface area (Å²) in [5.41, 5.74) is 2.09. The van der Waals surface area contributed by atoms with Crippen molar-refractivity contribution < 1.29 is 8.78 Å². The van der Waals surface area contributed by atoms with Crippen LogP contribution in [0, 0.1) is 6.92 Å². The molecule has 0 saturated heterocycles. The molecule has 2 nitrogen and oxygen atoms in total. The standard InChI is InChI=1S/C13H13BrF2N2/c1-3-17-9-6-10(13(15)16)18-12-8(14)5-4-7(2)11(9)12/h4-6,13H,3H2,1-2H3,(H,17,18). The lowest BCUT2D eigenvalue weighted by Crippen LogP contribution is -2.02. The van der Waals surface area contributed by atoms with Gasteiger partial charge in [0.15, 0.2) is 0 Å². The fourth-order valence-corrected chi connectivity index (χ4v) is 2.36. The molecule has 96 valence electrons. The Hall–Kier alpha value is -1.23. The molecule has 0 spiro atoms. The van der Waals surface area contributed by atoms with Crippen molar-refractivity contribution >= 4 is 32.5 Å². The second-order valence-corrected chi connectivity index (χ2v) is 4.87. The van der Waals surface area contributed by atoms with Crippen LogP contribution in [0.4, 0.5) is 14.5 Å². The Morgan fingerprint density at radius 2 is 2.11 bits per heavy atom. The van der Waals surface area contributed by atoms with Crippen molar-refractivity contribution in [2.75, 3.05) is 11.9 Å². The molecule has 1 aromatic heterocycles. The molecule has 1 heterocycles. The third-order valence-corrected chi connectivity index (χ3v) is 3.37. The fraction of sp³-hybridized carbons (Fsp3) is 0.308. The zero-order valence-electron chi connectivity index (χ0n) is 10.1. The van der Waals surface area contributed by atoms with Gasteiger partial charge in [-0.2, -0.15) is 0 Å². The number of nitrogens with zero attached hydrogens (tertiary/aromatic N) is 1. The largest absolute Gasteiger partial charge is 0.385 e. The van der Waals surface area contributed by atoms with Crippen LogP contribution in [-0.2, 0) is 0 Å². The van der Waals surface area contributed by atoms with Gasteiger partial charge in [0.1, 0.15) is 5.69 Å². The summed E-state index contributed by atoms with van der Waals surface area (Å²) in [7, 11) is 0. The van der Waals surface area contributed by atoms with E-state index in [9.17, 15) is 8.78 Å². The smallest absolute Gasteiger partial charge is 0.280 e. The molecule has 0 saturated carbocycles. The number of rotatable bonds is 3. The second kappa shape index (κ2) is 5.18. The summed E-state index contributed by atoms with van der Waals surface area (Å²) >= 11 is 3.36. The fourth-order valence-electron chi connectivity index (χ4n) is 1.94. The molecule has 0 fully saturated rings. The molecule has 1 N–H and O–H groups in total. The minimum absolute atomic E-state index is 0.204. The van der Waals surface area contributed by atoms with Crippen molar-refractivity contribution in [1.82, 2.24) is 4.98 Å². The highest BCUT2D eigenvalue weighted by atomic mass is 79.9. The Morgan fingerprint density at radius 1 is 1.39 bits per heavy atom. The summed E-state index contributed by atoms with van der Waals surface area (Å²) in [5, 5.41) is 4.00. The summed E-state index contributed by atoms with van der Waals surface area (Å²) in [6, 6.07) is 5.20. The lowest BCUT2D eigenvalue weighted by Gasteiger charge is -2.13. The third-order valence-electron chi connectivity index (χ3n) is 2.73. The minimum Gasteiger partial charge on any atom is -0.385 e. The van der Waals surface area contributed by atoms with Gasteiger partial charge in [-0.3, -0.25) is 0 Å². The number of fused-ring (bicyclic) bond motifs is 1. The van der Waals surface area contributed by atoms with Crippen LogP contribution in [0.3, 0.4) is 0 Å². The maximum Gasteiger partial charge on any atom is 0.280 e. The maximum atomic E-state index is 12.8. The molecule has 2 rings (SSSR count). The molecule has 1 aromatic carbocycles. The van der Waals surface area contributed by atoms with Crippen LogP contribution >= 0.6 is 15.9 Å². The van der Waals surface area contributed by atoms with E-state index in [1.54, 1.807) is 0 Å². The molecular weight excluding hydrogens is 302 g/mol. The van der Waals surface area contributed by atoms with E-state index < -0.39 is 6.43 Å². The lowest BCUT2D eigenvalue weighted by molar-refractivity contribution is 0.146. The van der Waals surface area contributed by atoms with Crippen LogP contribution in [0.1, 0.15) is 24.6 Å². The van der Waals surface area contributed by atoms with Gasteiger partial charge in [-0.1, -0.05) is 6.07 Å². The van der Waals surface area contributed by atoms with Crippen molar-refractivity contribution in [1.29, 1.82) is 0 Å². The lowest BCUT2D eigenvalue weighted by atomic mass is 10.1. The molecular formula is C13H13BrF2N2. The van der Waals surface area contributed by atoms with Crippen LogP contribution in [0.25, 0.3) is 10.9 Å². The van der Waals surface area contributed by atoms with Crippen molar-refractivity contribution in [2.24, 2.45) is 0 Å². The molecule has 0 aliphatic heterocycles. The van der Waals surface area contributed by atoms with Crippen LogP contribution in [0.5, 0.6) is 0 Å². The SMILES string of the molecule is CCNc1cc(C(F)F)nc2c(Br)ccc(C)c12. The van der Waals surface area contributed by atoms with Gasteiger partial charge >= 0.3 is 0 Å². The first-order valence-corrected chi connectivity index (χ1v) is 6.45.